The van der Waals surface area contributed by atoms with Crippen molar-refractivity contribution >= 4 is 29.0 Å². The molecule has 12 heteroatoms. The van der Waals surface area contributed by atoms with Gasteiger partial charge in [-0.2, -0.15) is 0 Å². The first-order valence-electron chi connectivity index (χ1n) is 9.41. The summed E-state index contributed by atoms with van der Waals surface area (Å²) in [5, 5.41) is 23.0. The topological polar surface area (TPSA) is 110 Å². The van der Waals surface area contributed by atoms with Gasteiger partial charge in [-0.25, -0.2) is 9.07 Å². The van der Waals surface area contributed by atoms with Gasteiger partial charge in [0.25, 0.3) is 11.6 Å². The highest BCUT2D eigenvalue weighted by atomic mass is 32.2. The number of amides is 1. The van der Waals surface area contributed by atoms with Crippen LogP contribution in [0.3, 0.4) is 0 Å². The Balaban J connectivity index is 1.49. The van der Waals surface area contributed by atoms with Crippen molar-refractivity contribution in [2.45, 2.75) is 10.1 Å². The number of carbonyl (C=O) groups is 1. The molecule has 1 aliphatic heterocycles. The number of anilines is 1. The Bertz CT molecular complexity index is 1130. The van der Waals surface area contributed by atoms with Gasteiger partial charge in [-0.15, -0.1) is 5.10 Å². The number of hydrogen-bond donors (Lipinski definition) is 0. The average molecular weight is 443 g/mol. The third-order valence-corrected chi connectivity index (χ3v) is 6.04. The number of hydrogen-bond acceptors (Lipinski definition) is 8. The molecule has 0 radical (unpaired) electrons. The molecular weight excluding hydrogens is 425 g/mol. The summed E-state index contributed by atoms with van der Waals surface area (Å²) >= 11 is 1.05. The van der Waals surface area contributed by atoms with E-state index in [1.54, 1.807) is 36.2 Å². The molecule has 1 aliphatic rings. The monoisotopic (exact) mass is 443 g/mol. The fourth-order valence-corrected chi connectivity index (χ4v) is 4.14. The third kappa shape index (κ3) is 4.33. The van der Waals surface area contributed by atoms with Crippen LogP contribution in [-0.4, -0.2) is 62.1 Å². The molecule has 0 saturated carbocycles. The SMILES string of the molecule is Cn1nnnc1Sc1ccc(C(=O)N2CCN(c3ccccc3F)CC2)cc1[N+](=O)[O-]. The van der Waals surface area contributed by atoms with E-state index in [2.05, 4.69) is 15.5 Å². The number of tetrazole rings is 1. The smallest absolute Gasteiger partial charge is 0.284 e. The number of carbonyl (C=O) groups excluding carboxylic acids is 1. The molecule has 4 rings (SSSR count). The largest absolute Gasteiger partial charge is 0.366 e. The number of aromatic nitrogens is 4. The van der Waals surface area contributed by atoms with E-state index in [-0.39, 0.29) is 23.0 Å². The molecular formula is C19H18FN7O3S. The Labute approximate surface area is 180 Å². The van der Waals surface area contributed by atoms with Crippen LogP contribution in [0, 0.1) is 15.9 Å². The highest BCUT2D eigenvalue weighted by Crippen LogP contribution is 2.34. The van der Waals surface area contributed by atoms with E-state index in [1.165, 1.54) is 22.9 Å². The standard InChI is InChI=1S/C19H18FN7O3S/c1-24-19(21-22-23-24)31-17-7-6-13(12-16(17)27(29)30)18(28)26-10-8-25(9-11-26)15-5-3-2-4-14(15)20/h2-7,12H,8-11H2,1H3. The first kappa shape index (κ1) is 20.7. The summed E-state index contributed by atoms with van der Waals surface area (Å²) in [4.78, 5) is 27.8. The van der Waals surface area contributed by atoms with Gasteiger partial charge in [-0.05, 0) is 46.5 Å². The minimum absolute atomic E-state index is 0.191. The lowest BCUT2D eigenvalue weighted by Gasteiger charge is -2.36. The van der Waals surface area contributed by atoms with Gasteiger partial charge >= 0.3 is 0 Å². The van der Waals surface area contributed by atoms with Gasteiger partial charge in [0.15, 0.2) is 0 Å². The van der Waals surface area contributed by atoms with Gasteiger partial charge in [0.05, 0.1) is 15.5 Å². The average Bonchev–Trinajstić information content (AvgIpc) is 3.18. The van der Waals surface area contributed by atoms with Crippen LogP contribution in [0.4, 0.5) is 15.8 Å². The number of benzene rings is 2. The molecule has 0 bridgehead atoms. The minimum Gasteiger partial charge on any atom is -0.366 e. The predicted octanol–water partition coefficient (Wildman–Crippen LogP) is 2.37. The molecule has 31 heavy (non-hydrogen) atoms. The fourth-order valence-electron chi connectivity index (χ4n) is 3.33. The van der Waals surface area contributed by atoms with E-state index >= 15 is 0 Å². The number of rotatable bonds is 5. The van der Waals surface area contributed by atoms with Crippen molar-refractivity contribution in [1.29, 1.82) is 0 Å². The highest BCUT2D eigenvalue weighted by molar-refractivity contribution is 7.99. The van der Waals surface area contributed by atoms with Gasteiger partial charge in [0.1, 0.15) is 5.82 Å². The zero-order valence-electron chi connectivity index (χ0n) is 16.5. The molecule has 160 valence electrons. The molecule has 1 amide bonds. The van der Waals surface area contributed by atoms with E-state index in [1.807, 2.05) is 4.90 Å². The second-order valence-corrected chi connectivity index (χ2v) is 7.87. The molecule has 10 nitrogen and oxygen atoms in total. The van der Waals surface area contributed by atoms with Gasteiger partial charge in [-0.3, -0.25) is 14.9 Å². The molecule has 1 saturated heterocycles. The number of nitro groups is 1. The van der Waals surface area contributed by atoms with Crippen molar-refractivity contribution < 1.29 is 14.1 Å². The van der Waals surface area contributed by atoms with Gasteiger partial charge < -0.3 is 9.80 Å². The molecule has 1 fully saturated rings. The maximum absolute atomic E-state index is 14.0. The Morgan fingerprint density at radius 3 is 2.55 bits per heavy atom. The van der Waals surface area contributed by atoms with Gasteiger partial charge in [-0.1, -0.05) is 12.1 Å². The van der Waals surface area contributed by atoms with Crippen LogP contribution >= 0.6 is 11.8 Å². The summed E-state index contributed by atoms with van der Waals surface area (Å²) in [6.45, 7) is 1.73. The summed E-state index contributed by atoms with van der Waals surface area (Å²) in [5.74, 6) is -0.600. The fraction of sp³-hybridized carbons (Fsp3) is 0.263. The van der Waals surface area contributed by atoms with Crippen LogP contribution in [-0.2, 0) is 7.05 Å². The molecule has 0 spiro atoms. The second kappa shape index (κ2) is 8.68. The molecule has 0 atom stereocenters. The zero-order chi connectivity index (χ0) is 22.0. The molecule has 3 aromatic rings. The number of piperazine rings is 1. The van der Waals surface area contributed by atoms with Crippen molar-refractivity contribution in [3.63, 3.8) is 0 Å². The zero-order valence-corrected chi connectivity index (χ0v) is 17.3. The van der Waals surface area contributed by atoms with Crippen LogP contribution in [0.1, 0.15) is 10.4 Å². The Morgan fingerprint density at radius 1 is 1.16 bits per heavy atom. The van der Waals surface area contributed by atoms with Crippen LogP contribution in [0.25, 0.3) is 0 Å². The molecule has 1 aromatic heterocycles. The summed E-state index contributed by atoms with van der Waals surface area (Å²) < 4.78 is 15.4. The van der Waals surface area contributed by atoms with Crippen molar-refractivity contribution in [2.75, 3.05) is 31.1 Å². The van der Waals surface area contributed by atoms with E-state index in [0.29, 0.717) is 41.9 Å². The van der Waals surface area contributed by atoms with Crippen molar-refractivity contribution in [2.24, 2.45) is 7.05 Å². The quantitative estimate of drug-likeness (QED) is 0.437. The third-order valence-electron chi connectivity index (χ3n) is 4.95. The molecule has 0 N–H and O–H groups in total. The molecule has 2 heterocycles. The summed E-state index contributed by atoms with van der Waals surface area (Å²) in [7, 11) is 1.63. The van der Waals surface area contributed by atoms with Gasteiger partial charge in [0.2, 0.25) is 5.16 Å². The van der Waals surface area contributed by atoms with Crippen LogP contribution in [0.5, 0.6) is 0 Å². The summed E-state index contributed by atoms with van der Waals surface area (Å²) in [6.07, 6.45) is 0. The number of halogens is 1. The van der Waals surface area contributed by atoms with Crippen molar-refractivity contribution in [1.82, 2.24) is 25.1 Å². The first-order chi connectivity index (χ1) is 14.9. The number of para-hydroxylation sites is 1. The van der Waals surface area contributed by atoms with E-state index in [0.717, 1.165) is 11.8 Å². The minimum atomic E-state index is -0.529. The van der Waals surface area contributed by atoms with E-state index in [4.69, 9.17) is 0 Å². The van der Waals surface area contributed by atoms with Crippen LogP contribution in [0.15, 0.2) is 52.5 Å². The van der Waals surface area contributed by atoms with Crippen molar-refractivity contribution in [3.05, 3.63) is 64.0 Å². The Morgan fingerprint density at radius 2 is 1.90 bits per heavy atom. The molecule has 0 aliphatic carbocycles. The number of aryl methyl sites for hydroxylation is 1. The summed E-state index contributed by atoms with van der Waals surface area (Å²) in [6, 6.07) is 10.9. The van der Waals surface area contributed by atoms with E-state index in [9.17, 15) is 19.3 Å². The second-order valence-electron chi connectivity index (χ2n) is 6.86. The number of nitro benzene ring substituents is 1. The Hall–Kier alpha value is -3.54. The normalized spacial score (nSPS) is 14.0. The van der Waals surface area contributed by atoms with Crippen LogP contribution in [0.2, 0.25) is 0 Å². The summed E-state index contributed by atoms with van der Waals surface area (Å²) in [5.41, 5.74) is 0.542. The van der Waals surface area contributed by atoms with Gasteiger partial charge in [0, 0.05) is 44.9 Å². The lowest BCUT2D eigenvalue weighted by atomic mass is 10.1. The predicted molar refractivity (Wildman–Crippen MR) is 111 cm³/mol. The molecule has 0 unspecified atom stereocenters. The molecule has 2 aromatic carbocycles. The maximum Gasteiger partial charge on any atom is 0.284 e. The lowest BCUT2D eigenvalue weighted by molar-refractivity contribution is -0.387. The lowest BCUT2D eigenvalue weighted by Crippen LogP contribution is -2.49. The maximum atomic E-state index is 14.0. The number of nitrogens with zero attached hydrogens (tertiary/aromatic N) is 7. The van der Waals surface area contributed by atoms with Crippen molar-refractivity contribution in [3.8, 4) is 0 Å². The van der Waals surface area contributed by atoms with E-state index < -0.39 is 4.92 Å². The Kier molecular flexibility index (Phi) is 5.80. The van der Waals surface area contributed by atoms with Crippen LogP contribution < -0.4 is 4.90 Å². The first-order valence-corrected chi connectivity index (χ1v) is 10.2. The highest BCUT2D eigenvalue weighted by Gasteiger charge is 2.26.